The summed E-state index contributed by atoms with van der Waals surface area (Å²) in [6.45, 7) is 1.88. The molecule has 0 atom stereocenters. The Kier molecular flexibility index (Phi) is 6.52. The van der Waals surface area contributed by atoms with E-state index in [1.54, 1.807) is 18.2 Å². The van der Waals surface area contributed by atoms with Gasteiger partial charge in [-0.2, -0.15) is 36.4 Å². The molecule has 37 heavy (non-hydrogen) atoms. The Balaban J connectivity index is 1.61. The standard InChI is InChI=1S/C24H18F6N4O2S/c25-23(26,27)16-3-1-14(18(11-16)24(28,29)30)10-17(13-2-4-19-15(9-13)12-31-33-19)20-21(35)32-22(37-20)34-5-7-36-8-6-34/h1-4,9,11-12H,5-8,10H2,(H,31,33). The minimum Gasteiger partial charge on any atom is -0.378 e. The van der Waals surface area contributed by atoms with E-state index in [0.717, 1.165) is 17.8 Å². The molecule has 0 unspecified atom stereocenters. The first-order valence-electron chi connectivity index (χ1n) is 11.1. The number of hydrogen-bond donors (Lipinski definition) is 1. The lowest BCUT2D eigenvalue weighted by Crippen LogP contribution is -2.38. The summed E-state index contributed by atoms with van der Waals surface area (Å²) in [7, 11) is 0. The molecule has 0 radical (unpaired) electrons. The molecule has 3 aromatic rings. The highest BCUT2D eigenvalue weighted by Gasteiger charge is 2.39. The summed E-state index contributed by atoms with van der Waals surface area (Å²) >= 11 is 1.04. The largest absolute Gasteiger partial charge is 0.416 e. The van der Waals surface area contributed by atoms with E-state index in [2.05, 4.69) is 15.2 Å². The average molecular weight is 540 g/mol. The number of aromatic amines is 1. The zero-order chi connectivity index (χ0) is 26.4. The van der Waals surface area contributed by atoms with E-state index < -0.39 is 35.8 Å². The molecule has 2 aliphatic rings. The third kappa shape index (κ3) is 5.23. The number of hydrogen-bond acceptors (Lipinski definition) is 5. The van der Waals surface area contributed by atoms with Crippen LogP contribution in [0.2, 0.25) is 0 Å². The third-order valence-corrected chi connectivity index (χ3v) is 7.20. The maximum Gasteiger partial charge on any atom is 0.416 e. The van der Waals surface area contributed by atoms with Crippen LogP contribution in [-0.4, -0.2) is 52.5 Å². The Hall–Kier alpha value is -3.32. The number of rotatable bonds is 3. The van der Waals surface area contributed by atoms with E-state index in [-0.39, 0.29) is 22.1 Å². The van der Waals surface area contributed by atoms with Gasteiger partial charge >= 0.3 is 12.4 Å². The lowest BCUT2D eigenvalue weighted by atomic mass is 9.92. The number of nitrogens with zero attached hydrogens (tertiary/aromatic N) is 3. The molecule has 5 rings (SSSR count). The van der Waals surface area contributed by atoms with Crippen LogP contribution in [0.1, 0.15) is 22.3 Å². The highest BCUT2D eigenvalue weighted by Crippen LogP contribution is 2.42. The molecule has 1 saturated heterocycles. The lowest BCUT2D eigenvalue weighted by molar-refractivity contribution is -0.143. The SMILES string of the molecule is O=C1N=C(N2CCOCC2)SC1=C(Cc1ccc(C(F)(F)F)cc1C(F)(F)F)c1ccc2[nH]ncc2c1. The molecule has 2 aliphatic heterocycles. The summed E-state index contributed by atoms with van der Waals surface area (Å²) in [5, 5.41) is 7.79. The van der Waals surface area contributed by atoms with Crippen LogP contribution in [0, 0.1) is 0 Å². The number of aliphatic imine (C=N–C) groups is 1. The van der Waals surface area contributed by atoms with Gasteiger partial charge in [-0.25, -0.2) is 0 Å². The van der Waals surface area contributed by atoms with Crippen LogP contribution in [0.5, 0.6) is 0 Å². The highest BCUT2D eigenvalue weighted by atomic mass is 32.2. The van der Waals surface area contributed by atoms with Gasteiger partial charge < -0.3 is 9.64 Å². The molecule has 2 aromatic carbocycles. The third-order valence-electron chi connectivity index (χ3n) is 6.04. The minimum atomic E-state index is -5.04. The quantitative estimate of drug-likeness (QED) is 0.350. The van der Waals surface area contributed by atoms with Crippen molar-refractivity contribution in [2.75, 3.05) is 26.3 Å². The van der Waals surface area contributed by atoms with E-state index in [1.807, 2.05) is 4.90 Å². The molecule has 1 amide bonds. The average Bonchev–Trinajstić information content (AvgIpc) is 3.48. The number of ether oxygens (including phenoxy) is 1. The van der Waals surface area contributed by atoms with E-state index in [0.29, 0.717) is 54.0 Å². The molecule has 1 aromatic heterocycles. The van der Waals surface area contributed by atoms with Crippen molar-refractivity contribution in [3.8, 4) is 0 Å². The Bertz CT molecular complexity index is 1420. The molecule has 194 valence electrons. The summed E-state index contributed by atoms with van der Waals surface area (Å²) in [4.78, 5) is 19.1. The van der Waals surface area contributed by atoms with Gasteiger partial charge in [0, 0.05) is 18.5 Å². The zero-order valence-corrected chi connectivity index (χ0v) is 19.7. The van der Waals surface area contributed by atoms with Crippen LogP contribution in [0.15, 0.2) is 52.5 Å². The fraction of sp³-hybridized carbons (Fsp3) is 0.292. The first-order chi connectivity index (χ1) is 17.5. The number of thioether (sulfide) groups is 1. The van der Waals surface area contributed by atoms with E-state index >= 15 is 0 Å². The lowest BCUT2D eigenvalue weighted by Gasteiger charge is -2.27. The molecular weight excluding hydrogens is 522 g/mol. The van der Waals surface area contributed by atoms with Crippen molar-refractivity contribution in [1.82, 2.24) is 15.1 Å². The van der Waals surface area contributed by atoms with Gasteiger partial charge in [0.05, 0.1) is 41.0 Å². The Labute approximate surface area is 210 Å². The maximum absolute atomic E-state index is 13.9. The Morgan fingerprint density at radius 2 is 1.78 bits per heavy atom. The number of carbonyl (C=O) groups excluding carboxylic acids is 1. The fourth-order valence-corrected chi connectivity index (χ4v) is 5.25. The van der Waals surface area contributed by atoms with E-state index in [9.17, 15) is 31.1 Å². The van der Waals surface area contributed by atoms with Crippen LogP contribution >= 0.6 is 11.8 Å². The van der Waals surface area contributed by atoms with Gasteiger partial charge in [-0.15, -0.1) is 0 Å². The minimum absolute atomic E-state index is 0.107. The molecule has 1 N–H and O–H groups in total. The first kappa shape index (κ1) is 25.3. The molecule has 6 nitrogen and oxygen atoms in total. The van der Waals surface area contributed by atoms with Gasteiger partial charge in [0.15, 0.2) is 5.17 Å². The van der Waals surface area contributed by atoms with Crippen LogP contribution in [0.4, 0.5) is 26.3 Å². The molecule has 0 spiro atoms. The molecule has 13 heteroatoms. The van der Waals surface area contributed by atoms with Crippen molar-refractivity contribution in [1.29, 1.82) is 0 Å². The number of halogens is 6. The van der Waals surface area contributed by atoms with Crippen LogP contribution in [0.3, 0.4) is 0 Å². The fourth-order valence-electron chi connectivity index (χ4n) is 4.18. The number of H-pyrrole nitrogens is 1. The second-order valence-corrected chi connectivity index (χ2v) is 9.40. The summed E-state index contributed by atoms with van der Waals surface area (Å²) in [5.74, 6) is -0.616. The molecule has 0 aliphatic carbocycles. The van der Waals surface area contributed by atoms with Crippen molar-refractivity contribution in [2.24, 2.45) is 4.99 Å². The summed E-state index contributed by atoms with van der Waals surface area (Å²) < 4.78 is 86.5. The second-order valence-electron chi connectivity index (χ2n) is 8.42. The molecule has 1 fully saturated rings. The monoisotopic (exact) mass is 540 g/mol. The topological polar surface area (TPSA) is 70.6 Å². The van der Waals surface area contributed by atoms with Crippen molar-refractivity contribution >= 4 is 39.3 Å². The van der Waals surface area contributed by atoms with Crippen LogP contribution in [0.25, 0.3) is 16.5 Å². The van der Waals surface area contributed by atoms with Gasteiger partial charge in [0.2, 0.25) is 0 Å². The number of carbonyl (C=O) groups is 1. The number of amidine groups is 1. The predicted molar refractivity (Wildman–Crippen MR) is 126 cm³/mol. The van der Waals surface area contributed by atoms with Crippen molar-refractivity contribution < 1.29 is 35.9 Å². The van der Waals surface area contributed by atoms with Crippen LogP contribution < -0.4 is 0 Å². The summed E-state index contributed by atoms with van der Waals surface area (Å²) in [6.07, 6.45) is -8.89. The maximum atomic E-state index is 13.9. The zero-order valence-electron chi connectivity index (χ0n) is 18.9. The smallest absolute Gasteiger partial charge is 0.378 e. The summed E-state index contributed by atoms with van der Waals surface area (Å²) in [6, 6.07) is 6.50. The van der Waals surface area contributed by atoms with Gasteiger partial charge in [0.25, 0.3) is 5.91 Å². The number of amides is 1. The number of benzene rings is 2. The summed E-state index contributed by atoms with van der Waals surface area (Å²) in [5.41, 5.74) is -1.85. The van der Waals surface area contributed by atoms with E-state index in [1.165, 1.54) is 6.20 Å². The number of alkyl halides is 6. The number of allylic oxidation sites excluding steroid dienone is 1. The molecule has 0 bridgehead atoms. The van der Waals surface area contributed by atoms with Crippen molar-refractivity contribution in [3.63, 3.8) is 0 Å². The first-order valence-corrected chi connectivity index (χ1v) is 11.9. The molecule has 3 heterocycles. The van der Waals surface area contributed by atoms with Gasteiger partial charge in [-0.05, 0) is 59.1 Å². The Morgan fingerprint density at radius 3 is 2.49 bits per heavy atom. The van der Waals surface area contributed by atoms with E-state index in [4.69, 9.17) is 4.74 Å². The predicted octanol–water partition coefficient (Wildman–Crippen LogP) is 5.52. The number of morpholine rings is 1. The van der Waals surface area contributed by atoms with Gasteiger partial charge in [-0.1, -0.05) is 12.1 Å². The number of aromatic nitrogens is 2. The molecular formula is C24H18F6N4O2S. The van der Waals surface area contributed by atoms with Crippen LogP contribution in [-0.2, 0) is 28.3 Å². The molecule has 0 saturated carbocycles. The van der Waals surface area contributed by atoms with Gasteiger partial charge in [-0.3, -0.25) is 9.89 Å². The number of fused-ring (bicyclic) bond motifs is 1. The number of nitrogens with one attached hydrogen (secondary N) is 1. The second kappa shape index (κ2) is 9.53. The van der Waals surface area contributed by atoms with Gasteiger partial charge in [0.1, 0.15) is 0 Å². The normalized spacial score (nSPS) is 18.5. The van der Waals surface area contributed by atoms with Crippen molar-refractivity contribution in [3.05, 3.63) is 69.8 Å². The highest BCUT2D eigenvalue weighted by molar-refractivity contribution is 8.18. The van der Waals surface area contributed by atoms with Crippen molar-refractivity contribution in [2.45, 2.75) is 18.8 Å². The Morgan fingerprint density at radius 1 is 1.03 bits per heavy atom.